The molecule has 0 heterocycles. The molecule has 2 rings (SSSR count). The van der Waals surface area contributed by atoms with Crippen molar-refractivity contribution >= 4 is 12.2 Å². The molecule has 1 atom stereocenters. The summed E-state index contributed by atoms with van der Waals surface area (Å²) < 4.78 is 22.1. The van der Waals surface area contributed by atoms with Gasteiger partial charge in [-0.2, -0.15) is 0 Å². The molecule has 0 aromatic heterocycles. The summed E-state index contributed by atoms with van der Waals surface area (Å²) in [6, 6.07) is 10.3. The van der Waals surface area contributed by atoms with Gasteiger partial charge in [0.1, 0.15) is 11.9 Å². The Morgan fingerprint density at radius 1 is 1.00 bits per heavy atom. The van der Waals surface area contributed by atoms with Gasteiger partial charge in [-0.3, -0.25) is 0 Å². The topological polar surface area (TPSA) is 75.6 Å². The summed E-state index contributed by atoms with van der Waals surface area (Å²) >= 11 is 0. The Balaban J connectivity index is 2.33. The Kier molecular flexibility index (Phi) is 9.68. The normalized spacial score (nSPS) is 11.8. The van der Waals surface area contributed by atoms with Crippen molar-refractivity contribution in [2.45, 2.75) is 45.6 Å². The molecule has 168 valence electrons. The van der Waals surface area contributed by atoms with E-state index >= 15 is 0 Å². The molecule has 2 aromatic carbocycles. The molecule has 2 aromatic rings. The first-order chi connectivity index (χ1) is 15.0. The highest BCUT2D eigenvalue weighted by molar-refractivity contribution is 5.94. The fourth-order valence-corrected chi connectivity index (χ4v) is 3.00. The van der Waals surface area contributed by atoms with Crippen LogP contribution in [0.2, 0.25) is 0 Å². The van der Waals surface area contributed by atoms with Crippen LogP contribution in [0.5, 0.6) is 23.0 Å². The summed E-state index contributed by atoms with van der Waals surface area (Å²) in [4.78, 5) is 18.2. The average molecular weight is 430 g/mol. The van der Waals surface area contributed by atoms with Gasteiger partial charge in [0.25, 0.3) is 0 Å². The maximum atomic E-state index is 12.6. The van der Waals surface area contributed by atoms with Crippen LogP contribution < -0.4 is 18.9 Å². The van der Waals surface area contributed by atoms with E-state index in [1.54, 1.807) is 30.3 Å². The molecule has 0 aliphatic carbocycles. The molecule has 0 fully saturated rings. The molecule has 7 nitrogen and oxygen atoms in total. The van der Waals surface area contributed by atoms with Crippen LogP contribution in [0.15, 0.2) is 41.6 Å². The molecular formula is C24H31NO6. The van der Waals surface area contributed by atoms with Gasteiger partial charge < -0.3 is 23.8 Å². The number of benzene rings is 2. The van der Waals surface area contributed by atoms with Crippen molar-refractivity contribution in [3.8, 4) is 23.0 Å². The maximum absolute atomic E-state index is 12.6. The molecule has 0 N–H and O–H groups in total. The molecule has 0 saturated carbocycles. The smallest absolute Gasteiger partial charge is 0.343 e. The minimum Gasteiger partial charge on any atom is -0.496 e. The Labute approximate surface area is 183 Å². The fourth-order valence-electron chi connectivity index (χ4n) is 3.00. The summed E-state index contributed by atoms with van der Waals surface area (Å²) in [5, 5.41) is 4.11. The lowest BCUT2D eigenvalue weighted by molar-refractivity contribution is 0.0657. The molecule has 0 aliphatic heterocycles. The third-order valence-electron chi connectivity index (χ3n) is 4.69. The Hall–Kier alpha value is -3.22. The number of oxime groups is 1. The van der Waals surface area contributed by atoms with Crippen molar-refractivity contribution in [1.29, 1.82) is 0 Å². The van der Waals surface area contributed by atoms with Crippen LogP contribution in [-0.2, 0) is 4.84 Å². The summed E-state index contributed by atoms with van der Waals surface area (Å²) in [6.07, 6.45) is 5.79. The SMILES string of the molecule is CCCCCC(C)O/N=C/c1c(OC)cc(OC)c(OC(=O)c2ccccc2)c1OC. The molecule has 7 heteroatoms. The van der Waals surface area contributed by atoms with E-state index in [9.17, 15) is 4.79 Å². The van der Waals surface area contributed by atoms with Crippen LogP contribution in [0.25, 0.3) is 0 Å². The van der Waals surface area contributed by atoms with Gasteiger partial charge in [0.2, 0.25) is 5.75 Å². The highest BCUT2D eigenvalue weighted by Gasteiger charge is 2.24. The predicted molar refractivity (Wildman–Crippen MR) is 120 cm³/mol. The molecule has 1 unspecified atom stereocenters. The van der Waals surface area contributed by atoms with Crippen LogP contribution in [-0.4, -0.2) is 39.6 Å². The second-order valence-corrected chi connectivity index (χ2v) is 6.96. The number of rotatable bonds is 12. The Bertz CT molecular complexity index is 866. The van der Waals surface area contributed by atoms with E-state index in [0.717, 1.165) is 25.7 Å². The zero-order chi connectivity index (χ0) is 22.6. The number of ether oxygens (including phenoxy) is 4. The van der Waals surface area contributed by atoms with Crippen LogP contribution in [0.3, 0.4) is 0 Å². The van der Waals surface area contributed by atoms with Gasteiger partial charge in [0.15, 0.2) is 11.5 Å². The van der Waals surface area contributed by atoms with Gasteiger partial charge in [-0.15, -0.1) is 0 Å². The van der Waals surface area contributed by atoms with Crippen LogP contribution >= 0.6 is 0 Å². The highest BCUT2D eigenvalue weighted by atomic mass is 16.6. The molecule has 31 heavy (non-hydrogen) atoms. The van der Waals surface area contributed by atoms with E-state index in [1.807, 2.05) is 13.0 Å². The van der Waals surface area contributed by atoms with Crippen LogP contribution in [0.1, 0.15) is 55.5 Å². The van der Waals surface area contributed by atoms with Crippen LogP contribution in [0.4, 0.5) is 0 Å². The van der Waals surface area contributed by atoms with Crippen molar-refractivity contribution in [3.63, 3.8) is 0 Å². The van der Waals surface area contributed by atoms with E-state index in [-0.39, 0.29) is 17.6 Å². The molecule has 0 saturated heterocycles. The van der Waals surface area contributed by atoms with E-state index in [1.165, 1.54) is 27.5 Å². The molecule has 0 bridgehead atoms. The van der Waals surface area contributed by atoms with Crippen molar-refractivity contribution in [2.75, 3.05) is 21.3 Å². The number of carbonyl (C=O) groups excluding carboxylic acids is 1. The average Bonchev–Trinajstić information content (AvgIpc) is 2.79. The second-order valence-electron chi connectivity index (χ2n) is 6.96. The Morgan fingerprint density at radius 2 is 1.71 bits per heavy atom. The van der Waals surface area contributed by atoms with Gasteiger partial charge in [0, 0.05) is 6.07 Å². The van der Waals surface area contributed by atoms with E-state index < -0.39 is 5.97 Å². The van der Waals surface area contributed by atoms with Gasteiger partial charge >= 0.3 is 5.97 Å². The van der Waals surface area contributed by atoms with E-state index in [0.29, 0.717) is 22.6 Å². The van der Waals surface area contributed by atoms with Crippen LogP contribution in [0, 0.1) is 0 Å². The number of unbranched alkanes of at least 4 members (excludes halogenated alkanes) is 2. The third kappa shape index (κ3) is 6.64. The van der Waals surface area contributed by atoms with Gasteiger partial charge in [-0.05, 0) is 31.9 Å². The first-order valence-electron chi connectivity index (χ1n) is 10.3. The van der Waals surface area contributed by atoms with Gasteiger partial charge in [-0.25, -0.2) is 4.79 Å². The van der Waals surface area contributed by atoms with Crippen molar-refractivity contribution in [3.05, 3.63) is 47.5 Å². The van der Waals surface area contributed by atoms with Crippen molar-refractivity contribution in [2.24, 2.45) is 5.16 Å². The standard InChI is InChI=1S/C24H31NO6/c1-6-7-9-12-17(2)31-25-16-19-20(27-3)15-21(28-4)23(22(19)29-5)30-24(26)18-13-10-8-11-14-18/h8,10-11,13-17H,6-7,9,12H2,1-5H3/b25-16+. The number of hydrogen-bond acceptors (Lipinski definition) is 7. The lowest BCUT2D eigenvalue weighted by atomic mass is 10.1. The first kappa shape index (κ1) is 24.1. The van der Waals surface area contributed by atoms with Gasteiger partial charge in [0.05, 0.1) is 38.7 Å². The first-order valence-corrected chi connectivity index (χ1v) is 10.3. The largest absolute Gasteiger partial charge is 0.496 e. The maximum Gasteiger partial charge on any atom is 0.343 e. The molecule has 0 aliphatic rings. The minimum absolute atomic E-state index is 0.0200. The van der Waals surface area contributed by atoms with E-state index in [2.05, 4.69) is 12.1 Å². The van der Waals surface area contributed by atoms with Gasteiger partial charge in [-0.1, -0.05) is 43.1 Å². The highest BCUT2D eigenvalue weighted by Crippen LogP contribution is 2.44. The zero-order valence-corrected chi connectivity index (χ0v) is 18.8. The predicted octanol–water partition coefficient (Wildman–Crippen LogP) is 5.25. The molecule has 0 amide bonds. The number of nitrogens with zero attached hydrogens (tertiary/aromatic N) is 1. The summed E-state index contributed by atoms with van der Waals surface area (Å²) in [5.41, 5.74) is 0.879. The lowest BCUT2D eigenvalue weighted by Gasteiger charge is -2.17. The second kappa shape index (κ2) is 12.5. The number of methoxy groups -OCH3 is 3. The zero-order valence-electron chi connectivity index (χ0n) is 18.8. The summed E-state index contributed by atoms with van der Waals surface area (Å²) in [5.74, 6) is 0.595. The number of carbonyl (C=O) groups is 1. The third-order valence-corrected chi connectivity index (χ3v) is 4.69. The summed E-state index contributed by atoms with van der Waals surface area (Å²) in [7, 11) is 4.47. The monoisotopic (exact) mass is 429 g/mol. The molecule has 0 spiro atoms. The lowest BCUT2D eigenvalue weighted by Crippen LogP contribution is -2.11. The Morgan fingerprint density at radius 3 is 2.32 bits per heavy atom. The molecule has 0 radical (unpaired) electrons. The minimum atomic E-state index is -0.536. The molecular weight excluding hydrogens is 398 g/mol. The summed E-state index contributed by atoms with van der Waals surface area (Å²) in [6.45, 7) is 4.14. The number of hydrogen-bond donors (Lipinski definition) is 0. The number of esters is 1. The fraction of sp³-hybridized carbons (Fsp3) is 0.417. The quantitative estimate of drug-likeness (QED) is 0.151. The van der Waals surface area contributed by atoms with Crippen molar-refractivity contribution < 1.29 is 28.6 Å². The van der Waals surface area contributed by atoms with Crippen molar-refractivity contribution in [1.82, 2.24) is 0 Å². The van der Waals surface area contributed by atoms with E-state index in [4.69, 9.17) is 23.8 Å².